The van der Waals surface area contributed by atoms with Crippen LogP contribution in [0.5, 0.6) is 0 Å². The number of nitrogens with one attached hydrogen (secondary N) is 1. The normalized spacial score (nSPS) is 22.9. The Kier molecular flexibility index (Phi) is 7.71. The number of sulfonamides is 1. The molecule has 0 bridgehead atoms. The first-order valence-electron chi connectivity index (χ1n) is 11.0. The van der Waals surface area contributed by atoms with E-state index in [4.69, 9.17) is 0 Å². The Balaban J connectivity index is 1.60. The minimum atomic E-state index is -3.57. The van der Waals surface area contributed by atoms with E-state index in [0.29, 0.717) is 24.6 Å². The molecule has 1 aromatic carbocycles. The van der Waals surface area contributed by atoms with E-state index in [1.54, 1.807) is 22.5 Å². The quantitative estimate of drug-likeness (QED) is 0.734. The van der Waals surface area contributed by atoms with Gasteiger partial charge >= 0.3 is 0 Å². The van der Waals surface area contributed by atoms with Crippen LogP contribution in [-0.4, -0.2) is 62.3 Å². The van der Waals surface area contributed by atoms with Gasteiger partial charge in [0.05, 0.1) is 4.90 Å². The monoisotopic (exact) mass is 421 g/mol. The van der Waals surface area contributed by atoms with Crippen LogP contribution in [0.4, 0.5) is 0 Å². The van der Waals surface area contributed by atoms with E-state index < -0.39 is 10.0 Å². The topological polar surface area (TPSA) is 69.7 Å². The molecule has 1 aromatic rings. The van der Waals surface area contributed by atoms with Crippen LogP contribution >= 0.6 is 0 Å². The number of piperidine rings is 2. The minimum absolute atomic E-state index is 0.00173. The molecule has 2 aliphatic rings. The molecule has 1 amide bonds. The number of hydrogen-bond acceptors (Lipinski definition) is 4. The maximum Gasteiger partial charge on any atom is 0.251 e. The molecule has 3 rings (SSSR count). The van der Waals surface area contributed by atoms with Crippen molar-refractivity contribution in [2.45, 2.75) is 63.3 Å². The Labute approximate surface area is 175 Å². The molecule has 2 saturated heterocycles. The van der Waals surface area contributed by atoms with E-state index in [1.165, 1.54) is 25.3 Å². The average Bonchev–Trinajstić information content (AvgIpc) is 2.73. The zero-order valence-corrected chi connectivity index (χ0v) is 18.6. The SMILES string of the molecule is CC(CNC(=O)c1cccc(S(=O)(=O)N2CCCCC2C)c1)CN1CCCCC1. The Morgan fingerprint density at radius 2 is 1.86 bits per heavy atom. The Hall–Kier alpha value is -1.44. The van der Waals surface area contributed by atoms with Gasteiger partial charge in [-0.15, -0.1) is 0 Å². The molecule has 1 N–H and O–H groups in total. The van der Waals surface area contributed by atoms with Gasteiger partial charge in [-0.3, -0.25) is 4.79 Å². The third-order valence-corrected chi connectivity index (χ3v) is 8.08. The number of benzene rings is 1. The Morgan fingerprint density at radius 1 is 1.14 bits per heavy atom. The summed E-state index contributed by atoms with van der Waals surface area (Å²) in [7, 11) is -3.57. The largest absolute Gasteiger partial charge is 0.352 e. The molecule has 0 aliphatic carbocycles. The van der Waals surface area contributed by atoms with Gasteiger partial charge < -0.3 is 10.2 Å². The zero-order valence-electron chi connectivity index (χ0n) is 17.8. The summed E-state index contributed by atoms with van der Waals surface area (Å²) in [6.45, 7) is 8.52. The van der Waals surface area contributed by atoms with Crippen LogP contribution in [0, 0.1) is 5.92 Å². The van der Waals surface area contributed by atoms with Crippen molar-refractivity contribution in [3.63, 3.8) is 0 Å². The van der Waals surface area contributed by atoms with Gasteiger partial charge in [0.25, 0.3) is 5.91 Å². The number of hydrogen-bond donors (Lipinski definition) is 1. The van der Waals surface area contributed by atoms with Crippen molar-refractivity contribution in [3.05, 3.63) is 29.8 Å². The molecular weight excluding hydrogens is 386 g/mol. The van der Waals surface area contributed by atoms with Crippen molar-refractivity contribution >= 4 is 15.9 Å². The smallest absolute Gasteiger partial charge is 0.251 e. The van der Waals surface area contributed by atoms with Gasteiger partial charge in [0.1, 0.15) is 0 Å². The lowest BCUT2D eigenvalue weighted by Crippen LogP contribution is -2.42. The fourth-order valence-electron chi connectivity index (χ4n) is 4.38. The van der Waals surface area contributed by atoms with Crippen LogP contribution in [0.3, 0.4) is 0 Å². The first-order valence-corrected chi connectivity index (χ1v) is 12.4. The molecule has 2 heterocycles. The lowest BCUT2D eigenvalue weighted by atomic mass is 10.1. The Morgan fingerprint density at radius 3 is 2.59 bits per heavy atom. The number of carbonyl (C=O) groups excluding carboxylic acids is 1. The van der Waals surface area contributed by atoms with Gasteiger partial charge in [-0.05, 0) is 69.8 Å². The summed E-state index contributed by atoms with van der Waals surface area (Å²) in [5, 5.41) is 2.98. The fraction of sp³-hybridized carbons (Fsp3) is 0.682. The molecule has 2 fully saturated rings. The second kappa shape index (κ2) is 10.0. The maximum absolute atomic E-state index is 13.0. The minimum Gasteiger partial charge on any atom is -0.352 e. The molecule has 0 radical (unpaired) electrons. The lowest BCUT2D eigenvalue weighted by Gasteiger charge is -2.32. The first kappa shape index (κ1) is 22.2. The molecule has 0 spiro atoms. The van der Waals surface area contributed by atoms with Crippen LogP contribution in [-0.2, 0) is 10.0 Å². The fourth-order valence-corrected chi connectivity index (χ4v) is 6.12. The van der Waals surface area contributed by atoms with Crippen molar-refractivity contribution in [3.8, 4) is 0 Å². The van der Waals surface area contributed by atoms with Crippen LogP contribution in [0.25, 0.3) is 0 Å². The summed E-state index contributed by atoms with van der Waals surface area (Å²) < 4.78 is 27.7. The molecule has 2 aliphatic heterocycles. The van der Waals surface area contributed by atoms with Crippen molar-refractivity contribution in [1.82, 2.24) is 14.5 Å². The van der Waals surface area contributed by atoms with E-state index in [9.17, 15) is 13.2 Å². The summed E-state index contributed by atoms with van der Waals surface area (Å²) in [4.78, 5) is 15.3. The summed E-state index contributed by atoms with van der Waals surface area (Å²) in [6, 6.07) is 6.45. The highest BCUT2D eigenvalue weighted by Crippen LogP contribution is 2.25. The van der Waals surface area contributed by atoms with Gasteiger partial charge in [-0.2, -0.15) is 4.31 Å². The van der Waals surface area contributed by atoms with Crippen molar-refractivity contribution in [1.29, 1.82) is 0 Å². The van der Waals surface area contributed by atoms with Gasteiger partial charge in [0.2, 0.25) is 10.0 Å². The van der Waals surface area contributed by atoms with Crippen molar-refractivity contribution in [2.75, 3.05) is 32.7 Å². The molecule has 0 aromatic heterocycles. The standard InChI is InChI=1S/C22H35N3O3S/c1-18(17-24-12-5-3-6-13-24)16-23-22(26)20-10-8-11-21(15-20)29(27,28)25-14-7-4-9-19(25)2/h8,10-11,15,18-19H,3-7,9,12-14,16-17H2,1-2H3,(H,23,26). The van der Waals surface area contributed by atoms with E-state index in [0.717, 1.165) is 38.9 Å². The lowest BCUT2D eigenvalue weighted by molar-refractivity contribution is 0.0942. The van der Waals surface area contributed by atoms with E-state index in [1.807, 2.05) is 6.92 Å². The van der Waals surface area contributed by atoms with Crippen LogP contribution < -0.4 is 5.32 Å². The maximum atomic E-state index is 13.0. The molecule has 7 heteroatoms. The summed E-state index contributed by atoms with van der Waals surface area (Å²) in [5.74, 6) is 0.150. The van der Waals surface area contributed by atoms with Gasteiger partial charge in [0, 0.05) is 31.2 Å². The van der Waals surface area contributed by atoms with E-state index >= 15 is 0 Å². The second-order valence-electron chi connectivity index (χ2n) is 8.66. The third kappa shape index (κ3) is 5.80. The summed E-state index contributed by atoms with van der Waals surface area (Å²) >= 11 is 0. The number of nitrogens with zero attached hydrogens (tertiary/aromatic N) is 2. The van der Waals surface area contributed by atoms with Crippen LogP contribution in [0.2, 0.25) is 0 Å². The predicted octanol–water partition coefficient (Wildman–Crippen LogP) is 3.10. The molecule has 0 saturated carbocycles. The summed E-state index contributed by atoms with van der Waals surface area (Å²) in [5.41, 5.74) is 0.404. The second-order valence-corrected chi connectivity index (χ2v) is 10.6. The number of carbonyl (C=O) groups is 1. The molecule has 29 heavy (non-hydrogen) atoms. The highest BCUT2D eigenvalue weighted by atomic mass is 32.2. The molecular formula is C22H35N3O3S. The van der Waals surface area contributed by atoms with Crippen LogP contribution in [0.15, 0.2) is 29.2 Å². The molecule has 6 nitrogen and oxygen atoms in total. The summed E-state index contributed by atoms with van der Waals surface area (Å²) in [6.07, 6.45) is 6.67. The number of rotatable bonds is 7. The molecule has 162 valence electrons. The number of likely N-dealkylation sites (tertiary alicyclic amines) is 1. The van der Waals surface area contributed by atoms with Crippen molar-refractivity contribution in [2.24, 2.45) is 5.92 Å². The number of amides is 1. The van der Waals surface area contributed by atoms with Gasteiger partial charge in [-0.25, -0.2) is 8.42 Å². The molecule has 2 atom stereocenters. The van der Waals surface area contributed by atoms with E-state index in [2.05, 4.69) is 17.1 Å². The van der Waals surface area contributed by atoms with Crippen molar-refractivity contribution < 1.29 is 13.2 Å². The predicted molar refractivity (Wildman–Crippen MR) is 115 cm³/mol. The molecule has 2 unspecified atom stereocenters. The highest BCUT2D eigenvalue weighted by Gasteiger charge is 2.31. The third-order valence-electron chi connectivity index (χ3n) is 6.07. The van der Waals surface area contributed by atoms with Gasteiger partial charge in [0.15, 0.2) is 0 Å². The Bertz CT molecular complexity index is 790. The van der Waals surface area contributed by atoms with Gasteiger partial charge in [-0.1, -0.05) is 25.8 Å². The first-order chi connectivity index (χ1) is 13.9. The zero-order chi connectivity index (χ0) is 20.9. The average molecular weight is 422 g/mol. The van der Waals surface area contributed by atoms with Crippen LogP contribution in [0.1, 0.15) is 62.7 Å². The highest BCUT2D eigenvalue weighted by molar-refractivity contribution is 7.89. The van der Waals surface area contributed by atoms with E-state index in [-0.39, 0.29) is 16.8 Å².